The standard InChI is InChI=1S/C23H26N2O5/c1-28-16-8-15-14(7-17(16)30-11-26)23-3-4-24-10-12-2-5-29-18-9-20(27)25(15)22(23)21(18)13(12)6-19(23)24/h2,7-8,13,18-19,21-22,26H,3-6,9-11H2,1H3/t13-,18-,19-,21-,22-,23+/m0/s1. The Kier molecular flexibility index (Phi) is 3.39. The van der Waals surface area contributed by atoms with Crippen molar-refractivity contribution in [2.24, 2.45) is 11.8 Å². The summed E-state index contributed by atoms with van der Waals surface area (Å²) in [5.74, 6) is 2.08. The number of carbonyl (C=O) groups excluding carboxylic acids is 1. The van der Waals surface area contributed by atoms with E-state index in [1.165, 1.54) is 11.1 Å². The number of nitrogens with zero attached hydrogens (tertiary/aromatic N) is 2. The number of rotatable bonds is 3. The Balaban J connectivity index is 1.50. The molecule has 0 unspecified atom stereocenters. The van der Waals surface area contributed by atoms with Crippen LogP contribution in [0.1, 0.15) is 24.8 Å². The maximum absolute atomic E-state index is 13.5. The van der Waals surface area contributed by atoms with E-state index in [0.29, 0.717) is 42.4 Å². The molecule has 3 saturated heterocycles. The third kappa shape index (κ3) is 1.86. The molecule has 1 aromatic carbocycles. The number of anilines is 1. The number of carbonyl (C=O) groups is 1. The first kappa shape index (κ1) is 17.6. The predicted octanol–water partition coefficient (Wildman–Crippen LogP) is 1.43. The summed E-state index contributed by atoms with van der Waals surface area (Å²) in [5.41, 5.74) is 3.56. The van der Waals surface area contributed by atoms with Crippen LogP contribution in [0.3, 0.4) is 0 Å². The molecule has 6 aliphatic rings. The summed E-state index contributed by atoms with van der Waals surface area (Å²) in [5, 5.41) is 9.41. The van der Waals surface area contributed by atoms with Gasteiger partial charge < -0.3 is 24.2 Å². The zero-order valence-corrected chi connectivity index (χ0v) is 17.0. The summed E-state index contributed by atoms with van der Waals surface area (Å²) in [4.78, 5) is 18.2. The normalized spacial score (nSPS) is 40.1. The molecular formula is C23H26N2O5. The highest BCUT2D eigenvalue weighted by Gasteiger charge is 2.71. The lowest BCUT2D eigenvalue weighted by Gasteiger charge is -2.58. The Labute approximate surface area is 175 Å². The van der Waals surface area contributed by atoms with E-state index in [4.69, 9.17) is 14.2 Å². The molecule has 6 atom stereocenters. The first-order chi connectivity index (χ1) is 14.7. The molecule has 158 valence electrons. The highest BCUT2D eigenvalue weighted by Crippen LogP contribution is 2.66. The summed E-state index contributed by atoms with van der Waals surface area (Å²) in [6.07, 6.45) is 4.90. The number of hydrogen-bond acceptors (Lipinski definition) is 6. The number of benzene rings is 1. The molecule has 1 aliphatic carbocycles. The Morgan fingerprint density at radius 1 is 1.33 bits per heavy atom. The smallest absolute Gasteiger partial charge is 0.229 e. The highest BCUT2D eigenvalue weighted by molar-refractivity contribution is 5.99. The van der Waals surface area contributed by atoms with Crippen molar-refractivity contribution in [3.05, 3.63) is 29.3 Å². The third-order valence-corrected chi connectivity index (χ3v) is 8.81. The summed E-state index contributed by atoms with van der Waals surface area (Å²) < 4.78 is 17.4. The molecule has 0 radical (unpaired) electrons. The molecular weight excluding hydrogens is 384 g/mol. The van der Waals surface area contributed by atoms with Crippen molar-refractivity contribution in [2.45, 2.75) is 42.9 Å². The van der Waals surface area contributed by atoms with Gasteiger partial charge in [0.05, 0.1) is 38.0 Å². The second kappa shape index (κ2) is 5.78. The second-order valence-electron chi connectivity index (χ2n) is 9.55. The number of amides is 1. The Morgan fingerprint density at radius 2 is 2.23 bits per heavy atom. The lowest BCUT2D eigenvalue weighted by molar-refractivity contribution is -0.132. The van der Waals surface area contributed by atoms with E-state index in [1.54, 1.807) is 7.11 Å². The summed E-state index contributed by atoms with van der Waals surface area (Å²) >= 11 is 0. The largest absolute Gasteiger partial charge is 0.493 e. The highest BCUT2D eigenvalue weighted by atomic mass is 16.6. The lowest BCUT2D eigenvalue weighted by atomic mass is 9.53. The maximum atomic E-state index is 13.5. The molecule has 7 rings (SSSR count). The molecule has 2 bridgehead atoms. The summed E-state index contributed by atoms with van der Waals surface area (Å²) in [6, 6.07) is 4.53. The fraction of sp³-hybridized carbons (Fsp3) is 0.609. The van der Waals surface area contributed by atoms with Gasteiger partial charge >= 0.3 is 0 Å². The molecule has 0 aromatic heterocycles. The van der Waals surface area contributed by atoms with Crippen molar-refractivity contribution >= 4 is 11.6 Å². The van der Waals surface area contributed by atoms with Gasteiger partial charge in [-0.25, -0.2) is 0 Å². The summed E-state index contributed by atoms with van der Waals surface area (Å²) in [7, 11) is 1.60. The number of methoxy groups -OCH3 is 1. The fourth-order valence-electron chi connectivity index (χ4n) is 7.89. The van der Waals surface area contributed by atoms with Gasteiger partial charge in [0.15, 0.2) is 18.3 Å². The zero-order chi connectivity index (χ0) is 20.2. The molecule has 4 fully saturated rings. The second-order valence-corrected chi connectivity index (χ2v) is 9.55. The molecule has 1 spiro atoms. The van der Waals surface area contributed by atoms with Crippen LogP contribution < -0.4 is 14.4 Å². The van der Waals surface area contributed by atoms with Gasteiger partial charge in [-0.05, 0) is 36.9 Å². The quantitative estimate of drug-likeness (QED) is 0.601. The van der Waals surface area contributed by atoms with Crippen LogP contribution in [-0.2, 0) is 14.9 Å². The van der Waals surface area contributed by atoms with Gasteiger partial charge in [-0.2, -0.15) is 0 Å². The Morgan fingerprint density at radius 3 is 3.07 bits per heavy atom. The topological polar surface area (TPSA) is 71.5 Å². The van der Waals surface area contributed by atoms with Crippen molar-refractivity contribution in [1.29, 1.82) is 0 Å². The van der Waals surface area contributed by atoms with E-state index in [-0.39, 0.29) is 23.5 Å². The first-order valence-electron chi connectivity index (χ1n) is 11.0. The van der Waals surface area contributed by atoms with Gasteiger partial charge in [0.2, 0.25) is 5.91 Å². The average molecular weight is 410 g/mol. The van der Waals surface area contributed by atoms with Gasteiger partial charge in [-0.3, -0.25) is 9.69 Å². The number of hydrogen-bond donors (Lipinski definition) is 1. The van der Waals surface area contributed by atoms with E-state index in [1.807, 2.05) is 12.1 Å². The molecule has 5 aliphatic heterocycles. The van der Waals surface area contributed by atoms with Gasteiger partial charge in [0, 0.05) is 30.0 Å². The van der Waals surface area contributed by atoms with Crippen LogP contribution in [0.5, 0.6) is 11.5 Å². The molecule has 7 heteroatoms. The summed E-state index contributed by atoms with van der Waals surface area (Å²) in [6.45, 7) is 2.29. The molecule has 1 N–H and O–H groups in total. The lowest BCUT2D eigenvalue weighted by Crippen LogP contribution is -2.69. The van der Waals surface area contributed by atoms with Crippen LogP contribution in [0.2, 0.25) is 0 Å². The van der Waals surface area contributed by atoms with E-state index >= 15 is 0 Å². The average Bonchev–Trinajstić information content (AvgIpc) is 3.21. The number of ether oxygens (including phenoxy) is 3. The van der Waals surface area contributed by atoms with Crippen LogP contribution in [0.25, 0.3) is 0 Å². The minimum Gasteiger partial charge on any atom is -0.493 e. The van der Waals surface area contributed by atoms with Crippen LogP contribution in [0.15, 0.2) is 23.8 Å². The molecule has 1 amide bonds. The molecule has 1 saturated carbocycles. The number of aliphatic hydroxyl groups is 1. The van der Waals surface area contributed by atoms with Crippen molar-refractivity contribution in [1.82, 2.24) is 4.90 Å². The molecule has 7 nitrogen and oxygen atoms in total. The van der Waals surface area contributed by atoms with E-state index in [2.05, 4.69) is 15.9 Å². The van der Waals surface area contributed by atoms with Crippen LogP contribution in [-0.4, -0.2) is 67.7 Å². The number of fused-ring (bicyclic) bond motifs is 2. The van der Waals surface area contributed by atoms with Crippen LogP contribution in [0, 0.1) is 11.8 Å². The van der Waals surface area contributed by atoms with Crippen molar-refractivity contribution in [3.8, 4) is 11.5 Å². The Bertz CT molecular complexity index is 992. The first-order valence-corrected chi connectivity index (χ1v) is 11.0. The monoisotopic (exact) mass is 410 g/mol. The van der Waals surface area contributed by atoms with E-state index in [9.17, 15) is 9.90 Å². The third-order valence-electron chi connectivity index (χ3n) is 8.81. The van der Waals surface area contributed by atoms with E-state index < -0.39 is 6.79 Å². The molecule has 1 aromatic rings. The zero-order valence-electron chi connectivity index (χ0n) is 17.0. The van der Waals surface area contributed by atoms with Gasteiger partial charge in [-0.15, -0.1) is 0 Å². The molecule has 5 heterocycles. The van der Waals surface area contributed by atoms with Crippen LogP contribution >= 0.6 is 0 Å². The van der Waals surface area contributed by atoms with Crippen LogP contribution in [0.4, 0.5) is 5.69 Å². The van der Waals surface area contributed by atoms with Crippen molar-refractivity contribution in [3.63, 3.8) is 0 Å². The predicted molar refractivity (Wildman–Crippen MR) is 108 cm³/mol. The van der Waals surface area contributed by atoms with Crippen molar-refractivity contribution in [2.75, 3.05) is 38.5 Å². The minimum atomic E-state index is -0.404. The van der Waals surface area contributed by atoms with Gasteiger partial charge in [0.1, 0.15) is 0 Å². The van der Waals surface area contributed by atoms with E-state index in [0.717, 1.165) is 31.6 Å². The minimum absolute atomic E-state index is 0.00755. The molecule has 30 heavy (non-hydrogen) atoms. The fourth-order valence-corrected chi connectivity index (χ4v) is 7.89. The SMILES string of the molecule is COc1cc2c(cc1OCO)[C@@]13CCN4CC5=CCO[C@H]6CC(=O)N2[C@H]1[C@H]6[C@H]5C[C@H]43. The maximum Gasteiger partial charge on any atom is 0.229 e. The number of aliphatic hydroxyl groups excluding tert-OH is 1. The number of piperidine rings is 2. The van der Waals surface area contributed by atoms with Crippen molar-refractivity contribution < 1.29 is 24.1 Å². The Hall–Kier alpha value is -2.09. The van der Waals surface area contributed by atoms with Gasteiger partial charge in [0.25, 0.3) is 0 Å². The van der Waals surface area contributed by atoms with Gasteiger partial charge in [-0.1, -0.05) is 11.6 Å².